The van der Waals surface area contributed by atoms with Crippen molar-refractivity contribution in [2.45, 2.75) is 19.5 Å². The number of amides is 2. The van der Waals surface area contributed by atoms with E-state index in [0.29, 0.717) is 16.1 Å². The summed E-state index contributed by atoms with van der Waals surface area (Å²) >= 11 is 1.34. The Bertz CT molecular complexity index is 724. The van der Waals surface area contributed by atoms with Crippen LogP contribution in [0, 0.1) is 6.92 Å². The van der Waals surface area contributed by atoms with Crippen molar-refractivity contribution >= 4 is 28.8 Å². The lowest BCUT2D eigenvalue weighted by atomic mass is 10.1. The molecule has 1 aromatic carbocycles. The summed E-state index contributed by atoms with van der Waals surface area (Å²) in [6.45, 7) is 0.548. The van der Waals surface area contributed by atoms with E-state index in [4.69, 9.17) is 0 Å². The van der Waals surface area contributed by atoms with Crippen molar-refractivity contribution in [1.29, 1.82) is 0 Å². The van der Waals surface area contributed by atoms with E-state index in [2.05, 4.69) is 5.32 Å². The van der Waals surface area contributed by atoms with Crippen LogP contribution in [0.5, 0.6) is 0 Å². The largest absolute Gasteiger partial charge is 0.405 e. The highest BCUT2D eigenvalue weighted by Gasteiger charge is 2.27. The number of carbonyl (C=O) groups excluding carboxylic acids is 2. The summed E-state index contributed by atoms with van der Waals surface area (Å²) in [5.41, 5.74) is 2.11. The zero-order valence-electron chi connectivity index (χ0n) is 12.7. The molecule has 0 aliphatic carbocycles. The van der Waals surface area contributed by atoms with E-state index in [-0.39, 0.29) is 12.3 Å². The van der Waals surface area contributed by atoms with Crippen molar-refractivity contribution in [3.63, 3.8) is 0 Å². The first-order valence-corrected chi connectivity index (χ1v) is 7.90. The third-order valence-electron chi connectivity index (χ3n) is 3.02. The summed E-state index contributed by atoms with van der Waals surface area (Å²) in [6.07, 6.45) is -4.58. The van der Waals surface area contributed by atoms with E-state index in [1.54, 1.807) is 30.3 Å². The normalized spacial score (nSPS) is 11.2. The molecule has 2 aromatic rings. The van der Waals surface area contributed by atoms with Crippen molar-refractivity contribution in [2.24, 2.45) is 0 Å². The molecule has 0 radical (unpaired) electrons. The Kier molecular flexibility index (Phi) is 5.61. The SMILES string of the molecule is Cc1csc(C(=O)Nc2ccc(CC(=O)NCC(F)(F)F)cc2)c1. The van der Waals surface area contributed by atoms with Crippen LogP contribution in [0.4, 0.5) is 18.9 Å². The van der Waals surface area contributed by atoms with Crippen molar-refractivity contribution < 1.29 is 22.8 Å². The molecule has 2 amide bonds. The molecule has 2 rings (SSSR count). The Hall–Kier alpha value is -2.35. The van der Waals surface area contributed by atoms with Gasteiger partial charge in [0.15, 0.2) is 0 Å². The topological polar surface area (TPSA) is 58.2 Å². The lowest BCUT2D eigenvalue weighted by molar-refractivity contribution is -0.138. The number of anilines is 1. The van der Waals surface area contributed by atoms with Crippen LogP contribution in [0.3, 0.4) is 0 Å². The third-order valence-corrected chi connectivity index (χ3v) is 4.06. The summed E-state index contributed by atoms with van der Waals surface area (Å²) in [6, 6.07) is 8.15. The fourth-order valence-electron chi connectivity index (χ4n) is 1.90. The first-order chi connectivity index (χ1) is 11.2. The molecule has 0 aliphatic heterocycles. The van der Waals surface area contributed by atoms with Crippen LogP contribution in [0.15, 0.2) is 35.7 Å². The van der Waals surface area contributed by atoms with Gasteiger partial charge < -0.3 is 10.6 Å². The Labute approximate surface area is 140 Å². The summed E-state index contributed by atoms with van der Waals surface area (Å²) in [5.74, 6) is -0.943. The second-order valence-corrected chi connectivity index (χ2v) is 6.12. The number of benzene rings is 1. The number of hydrogen-bond donors (Lipinski definition) is 2. The smallest absolute Gasteiger partial charge is 0.347 e. The minimum atomic E-state index is -4.43. The van der Waals surface area contributed by atoms with Crippen molar-refractivity contribution in [1.82, 2.24) is 5.32 Å². The quantitative estimate of drug-likeness (QED) is 0.861. The van der Waals surface area contributed by atoms with E-state index >= 15 is 0 Å². The molecule has 0 unspecified atom stereocenters. The molecule has 0 saturated carbocycles. The number of alkyl halides is 3. The van der Waals surface area contributed by atoms with Crippen molar-refractivity contribution in [3.8, 4) is 0 Å². The molecule has 1 aromatic heterocycles. The van der Waals surface area contributed by atoms with Gasteiger partial charge in [-0.15, -0.1) is 11.3 Å². The number of aryl methyl sites for hydroxylation is 1. The van der Waals surface area contributed by atoms with Gasteiger partial charge in [0.05, 0.1) is 11.3 Å². The first kappa shape index (κ1) is 18.0. The number of carbonyl (C=O) groups is 2. The number of nitrogens with one attached hydrogen (secondary N) is 2. The van der Waals surface area contributed by atoms with Crippen LogP contribution in [0.25, 0.3) is 0 Å². The number of thiophene rings is 1. The van der Waals surface area contributed by atoms with Gasteiger partial charge >= 0.3 is 6.18 Å². The van der Waals surface area contributed by atoms with Gasteiger partial charge in [-0.05, 0) is 41.6 Å². The zero-order chi connectivity index (χ0) is 17.7. The second-order valence-electron chi connectivity index (χ2n) is 5.21. The molecule has 4 nitrogen and oxygen atoms in total. The van der Waals surface area contributed by atoms with E-state index in [0.717, 1.165) is 5.56 Å². The molecule has 1 heterocycles. The molecule has 0 saturated heterocycles. The van der Waals surface area contributed by atoms with Gasteiger partial charge in [-0.1, -0.05) is 12.1 Å². The van der Waals surface area contributed by atoms with E-state index in [9.17, 15) is 22.8 Å². The summed E-state index contributed by atoms with van der Waals surface area (Å²) in [4.78, 5) is 24.0. The van der Waals surface area contributed by atoms with Gasteiger partial charge in [0.1, 0.15) is 6.54 Å². The molecular formula is C16H15F3N2O2S. The first-order valence-electron chi connectivity index (χ1n) is 7.02. The lowest BCUT2D eigenvalue weighted by Gasteiger charge is -2.09. The highest BCUT2D eigenvalue weighted by Crippen LogP contribution is 2.17. The second kappa shape index (κ2) is 7.48. The average molecular weight is 356 g/mol. The monoisotopic (exact) mass is 356 g/mol. The van der Waals surface area contributed by atoms with E-state index in [1.807, 2.05) is 17.6 Å². The van der Waals surface area contributed by atoms with Gasteiger partial charge in [0.25, 0.3) is 5.91 Å². The Morgan fingerprint density at radius 2 is 1.83 bits per heavy atom. The summed E-state index contributed by atoms with van der Waals surface area (Å²) in [5, 5.41) is 6.40. The van der Waals surface area contributed by atoms with Gasteiger partial charge in [-0.3, -0.25) is 9.59 Å². The lowest BCUT2D eigenvalue weighted by Crippen LogP contribution is -2.34. The van der Waals surface area contributed by atoms with Crippen LogP contribution in [0.1, 0.15) is 20.8 Å². The van der Waals surface area contributed by atoms with Crippen LogP contribution < -0.4 is 10.6 Å². The maximum absolute atomic E-state index is 12.0. The molecule has 0 bridgehead atoms. The fraction of sp³-hybridized carbons (Fsp3) is 0.250. The number of rotatable bonds is 5. The molecule has 128 valence electrons. The fourth-order valence-corrected chi connectivity index (χ4v) is 2.69. The summed E-state index contributed by atoms with van der Waals surface area (Å²) < 4.78 is 36.0. The molecule has 0 fully saturated rings. The van der Waals surface area contributed by atoms with Gasteiger partial charge in [-0.25, -0.2) is 0 Å². The minimum Gasteiger partial charge on any atom is -0.347 e. The minimum absolute atomic E-state index is 0.158. The van der Waals surface area contributed by atoms with Crippen molar-refractivity contribution in [2.75, 3.05) is 11.9 Å². The van der Waals surface area contributed by atoms with E-state index in [1.165, 1.54) is 11.3 Å². The molecule has 8 heteroatoms. The molecule has 0 spiro atoms. The molecular weight excluding hydrogens is 341 g/mol. The summed E-state index contributed by atoms with van der Waals surface area (Å²) in [7, 11) is 0. The predicted molar refractivity (Wildman–Crippen MR) is 86.2 cm³/mol. The van der Waals surface area contributed by atoms with Crippen LogP contribution >= 0.6 is 11.3 Å². The van der Waals surface area contributed by atoms with Gasteiger partial charge in [-0.2, -0.15) is 13.2 Å². The highest BCUT2D eigenvalue weighted by atomic mass is 32.1. The van der Waals surface area contributed by atoms with Crippen molar-refractivity contribution in [3.05, 3.63) is 51.7 Å². The molecule has 0 aliphatic rings. The third kappa shape index (κ3) is 5.69. The van der Waals surface area contributed by atoms with Crippen LogP contribution in [0.2, 0.25) is 0 Å². The Balaban J connectivity index is 1.88. The Morgan fingerprint density at radius 3 is 2.38 bits per heavy atom. The maximum atomic E-state index is 12.0. The van der Waals surface area contributed by atoms with Crippen LogP contribution in [-0.2, 0) is 11.2 Å². The number of hydrogen-bond acceptors (Lipinski definition) is 3. The molecule has 2 N–H and O–H groups in total. The van der Waals surface area contributed by atoms with Crippen LogP contribution in [-0.4, -0.2) is 24.5 Å². The molecule has 0 atom stereocenters. The Morgan fingerprint density at radius 1 is 1.17 bits per heavy atom. The molecule has 24 heavy (non-hydrogen) atoms. The van der Waals surface area contributed by atoms with Gasteiger partial charge in [0.2, 0.25) is 5.91 Å². The standard InChI is InChI=1S/C16H15F3N2O2S/c1-10-6-13(24-8-10)15(23)21-12-4-2-11(3-5-12)7-14(22)20-9-16(17,18)19/h2-6,8H,7,9H2,1H3,(H,20,22)(H,21,23). The number of halogens is 3. The predicted octanol–water partition coefficient (Wildman–Crippen LogP) is 3.53. The van der Waals surface area contributed by atoms with Gasteiger partial charge in [0, 0.05) is 5.69 Å². The zero-order valence-corrected chi connectivity index (χ0v) is 13.6. The van der Waals surface area contributed by atoms with E-state index < -0.39 is 18.6 Å². The average Bonchev–Trinajstić information content (AvgIpc) is 2.93. The maximum Gasteiger partial charge on any atom is 0.405 e. The highest BCUT2D eigenvalue weighted by molar-refractivity contribution is 7.12.